The smallest absolute Gasteiger partial charge is 0.410 e. The lowest BCUT2D eigenvalue weighted by atomic mass is 10.0. The summed E-state index contributed by atoms with van der Waals surface area (Å²) < 4.78 is 5.54. The summed E-state index contributed by atoms with van der Waals surface area (Å²) in [6, 6.07) is 13.5. The van der Waals surface area contributed by atoms with Crippen LogP contribution in [0.15, 0.2) is 42.5 Å². The molecule has 2 heterocycles. The third-order valence-electron chi connectivity index (χ3n) is 5.51. The Labute approximate surface area is 188 Å². The molecule has 0 spiro atoms. The minimum atomic E-state index is -0.517. The van der Waals surface area contributed by atoms with Crippen molar-refractivity contribution in [2.75, 3.05) is 18.4 Å². The lowest BCUT2D eigenvalue weighted by Gasteiger charge is -2.34. The zero-order chi connectivity index (χ0) is 22.9. The minimum Gasteiger partial charge on any atom is -0.507 e. The fourth-order valence-electron chi connectivity index (χ4n) is 4.03. The fraction of sp³-hybridized carbons (Fsp3) is 0.400. The van der Waals surface area contributed by atoms with Crippen molar-refractivity contribution in [3.8, 4) is 17.0 Å². The van der Waals surface area contributed by atoms with E-state index < -0.39 is 5.60 Å². The number of aromatic hydroxyl groups is 1. The number of benzene rings is 2. The molecule has 2 aromatic carbocycles. The summed E-state index contributed by atoms with van der Waals surface area (Å²) in [6.07, 6.45) is 1.53. The molecule has 32 heavy (non-hydrogen) atoms. The van der Waals surface area contributed by atoms with E-state index in [9.17, 15) is 9.90 Å². The monoisotopic (exact) mass is 434 g/mol. The lowest BCUT2D eigenvalue weighted by molar-refractivity contribution is 0.0206. The first kappa shape index (κ1) is 21.9. The fourth-order valence-corrected chi connectivity index (χ4v) is 4.03. The Bertz CT molecular complexity index is 1140. The molecule has 7 nitrogen and oxygen atoms in total. The van der Waals surface area contributed by atoms with Crippen LogP contribution in [0.25, 0.3) is 22.0 Å². The number of likely N-dealkylation sites (tertiary alicyclic amines) is 1. The molecular weight excluding hydrogens is 404 g/mol. The number of piperidine rings is 1. The molecule has 1 aliphatic heterocycles. The van der Waals surface area contributed by atoms with Gasteiger partial charge in [0.05, 0.1) is 0 Å². The molecule has 1 saturated heterocycles. The van der Waals surface area contributed by atoms with Gasteiger partial charge >= 0.3 is 6.09 Å². The average molecular weight is 435 g/mol. The summed E-state index contributed by atoms with van der Waals surface area (Å²) in [5, 5.41) is 24.7. The molecule has 2 N–H and O–H groups in total. The number of fused-ring (bicyclic) bond motifs is 1. The minimum absolute atomic E-state index is 0.0487. The van der Waals surface area contributed by atoms with Crippen molar-refractivity contribution in [3.63, 3.8) is 0 Å². The van der Waals surface area contributed by atoms with Gasteiger partial charge in [-0.05, 0) is 58.2 Å². The van der Waals surface area contributed by atoms with Crippen molar-refractivity contribution < 1.29 is 14.6 Å². The molecular formula is C25H30N4O3. The number of rotatable bonds is 3. The molecule has 1 aromatic heterocycles. The number of anilines is 1. The van der Waals surface area contributed by atoms with Crippen LogP contribution in [-0.4, -0.2) is 51.0 Å². The second-order valence-electron chi connectivity index (χ2n) is 9.37. The second kappa shape index (κ2) is 8.65. The summed E-state index contributed by atoms with van der Waals surface area (Å²) in [7, 11) is 0. The Hall–Kier alpha value is -3.35. The van der Waals surface area contributed by atoms with Crippen LogP contribution >= 0.6 is 0 Å². The van der Waals surface area contributed by atoms with E-state index in [0.717, 1.165) is 29.2 Å². The van der Waals surface area contributed by atoms with Crippen molar-refractivity contribution in [2.24, 2.45) is 0 Å². The number of phenols is 1. The van der Waals surface area contributed by atoms with Crippen molar-refractivity contribution in [2.45, 2.75) is 52.2 Å². The Kier molecular flexibility index (Phi) is 5.91. The van der Waals surface area contributed by atoms with E-state index in [1.54, 1.807) is 11.0 Å². The van der Waals surface area contributed by atoms with Crippen LogP contribution in [0.4, 0.5) is 10.6 Å². The number of nitrogens with zero attached hydrogens (tertiary/aromatic N) is 3. The van der Waals surface area contributed by atoms with Gasteiger partial charge in [0.1, 0.15) is 17.0 Å². The molecule has 1 aliphatic rings. The quantitative estimate of drug-likeness (QED) is 0.595. The zero-order valence-corrected chi connectivity index (χ0v) is 19.1. The molecule has 168 valence electrons. The third kappa shape index (κ3) is 4.77. The van der Waals surface area contributed by atoms with Gasteiger partial charge < -0.3 is 20.1 Å². The molecule has 1 atom stereocenters. The van der Waals surface area contributed by atoms with Crippen molar-refractivity contribution >= 4 is 22.7 Å². The van der Waals surface area contributed by atoms with Gasteiger partial charge in [0.2, 0.25) is 0 Å². The standard InChI is InChI=1S/C25H30N4O3/c1-16-11-12-20(21(30)14-16)22-18-9-5-6-10-19(18)23(28-27-22)26-17-8-7-13-29(15-17)24(31)32-25(2,3)4/h5-6,9-12,14,17,30H,7-8,13,15H2,1-4H3,(H,26,28)/t17-/m1/s1. The van der Waals surface area contributed by atoms with E-state index >= 15 is 0 Å². The maximum absolute atomic E-state index is 12.5. The largest absolute Gasteiger partial charge is 0.507 e. The van der Waals surface area contributed by atoms with Crippen LogP contribution in [-0.2, 0) is 4.74 Å². The lowest BCUT2D eigenvalue weighted by Crippen LogP contribution is -2.47. The van der Waals surface area contributed by atoms with Gasteiger partial charge in [-0.25, -0.2) is 4.79 Å². The zero-order valence-electron chi connectivity index (χ0n) is 19.1. The van der Waals surface area contributed by atoms with Crippen LogP contribution in [0.1, 0.15) is 39.2 Å². The molecule has 7 heteroatoms. The summed E-state index contributed by atoms with van der Waals surface area (Å²) in [6.45, 7) is 8.79. The summed E-state index contributed by atoms with van der Waals surface area (Å²) >= 11 is 0. The van der Waals surface area contributed by atoms with Crippen LogP contribution in [0.2, 0.25) is 0 Å². The molecule has 0 radical (unpaired) electrons. The predicted molar refractivity (Wildman–Crippen MR) is 126 cm³/mol. The first-order valence-electron chi connectivity index (χ1n) is 11.0. The van der Waals surface area contributed by atoms with Gasteiger partial charge in [0, 0.05) is 35.5 Å². The van der Waals surface area contributed by atoms with Crippen LogP contribution in [0, 0.1) is 6.92 Å². The number of ether oxygens (including phenoxy) is 1. The average Bonchev–Trinajstić information content (AvgIpc) is 2.74. The Balaban J connectivity index is 1.60. The van der Waals surface area contributed by atoms with E-state index in [-0.39, 0.29) is 17.9 Å². The van der Waals surface area contributed by atoms with E-state index in [1.165, 1.54) is 0 Å². The number of aromatic nitrogens is 2. The van der Waals surface area contributed by atoms with Gasteiger partial charge in [-0.15, -0.1) is 10.2 Å². The van der Waals surface area contributed by atoms with Crippen molar-refractivity contribution in [1.29, 1.82) is 0 Å². The van der Waals surface area contributed by atoms with Crippen molar-refractivity contribution in [3.05, 3.63) is 48.0 Å². The topological polar surface area (TPSA) is 87.6 Å². The molecule has 0 unspecified atom stereocenters. The number of aryl methyl sites for hydroxylation is 1. The molecule has 0 bridgehead atoms. The first-order valence-corrected chi connectivity index (χ1v) is 11.0. The highest BCUT2D eigenvalue weighted by molar-refractivity contribution is 6.00. The van der Waals surface area contributed by atoms with Crippen LogP contribution in [0.3, 0.4) is 0 Å². The Morgan fingerprint density at radius 2 is 1.91 bits per heavy atom. The van der Waals surface area contributed by atoms with E-state index in [0.29, 0.717) is 30.2 Å². The van der Waals surface area contributed by atoms with Crippen LogP contribution < -0.4 is 5.32 Å². The van der Waals surface area contributed by atoms with E-state index in [2.05, 4.69) is 15.5 Å². The first-order chi connectivity index (χ1) is 15.2. The molecule has 1 fully saturated rings. The summed E-state index contributed by atoms with van der Waals surface area (Å²) in [5.74, 6) is 0.859. The predicted octanol–water partition coefficient (Wildman–Crippen LogP) is 5.12. The molecule has 1 amide bonds. The maximum Gasteiger partial charge on any atom is 0.410 e. The highest BCUT2D eigenvalue weighted by atomic mass is 16.6. The highest BCUT2D eigenvalue weighted by Crippen LogP contribution is 2.35. The maximum atomic E-state index is 12.5. The molecule has 4 rings (SSSR count). The summed E-state index contributed by atoms with van der Waals surface area (Å²) in [4.78, 5) is 14.3. The van der Waals surface area contributed by atoms with E-state index in [1.807, 2.05) is 64.1 Å². The van der Waals surface area contributed by atoms with Gasteiger partial charge in [0.15, 0.2) is 5.82 Å². The van der Waals surface area contributed by atoms with Crippen molar-refractivity contribution in [1.82, 2.24) is 15.1 Å². The van der Waals surface area contributed by atoms with Gasteiger partial charge in [-0.3, -0.25) is 0 Å². The SMILES string of the molecule is Cc1ccc(-c2nnc(N[C@@H]3CCCN(C(=O)OC(C)(C)C)C3)c3ccccc23)c(O)c1. The van der Waals surface area contributed by atoms with Gasteiger partial charge in [0.25, 0.3) is 0 Å². The third-order valence-corrected chi connectivity index (χ3v) is 5.51. The normalized spacial score (nSPS) is 16.8. The number of carbonyl (C=O) groups excluding carboxylic acids is 1. The number of hydrogen-bond donors (Lipinski definition) is 2. The molecule has 3 aromatic rings. The summed E-state index contributed by atoms with van der Waals surface area (Å²) in [5.41, 5.74) is 1.76. The number of phenolic OH excluding ortho intramolecular Hbond substituents is 1. The number of hydrogen-bond acceptors (Lipinski definition) is 6. The highest BCUT2D eigenvalue weighted by Gasteiger charge is 2.28. The second-order valence-corrected chi connectivity index (χ2v) is 9.37. The van der Waals surface area contributed by atoms with Gasteiger partial charge in [-0.2, -0.15) is 0 Å². The molecule has 0 saturated carbocycles. The Morgan fingerprint density at radius 3 is 2.62 bits per heavy atom. The van der Waals surface area contributed by atoms with Gasteiger partial charge in [-0.1, -0.05) is 30.3 Å². The number of carbonyl (C=O) groups is 1. The number of amides is 1. The number of nitrogens with one attached hydrogen (secondary N) is 1. The van der Waals surface area contributed by atoms with Crippen LogP contribution in [0.5, 0.6) is 5.75 Å². The molecule has 0 aliphatic carbocycles. The van der Waals surface area contributed by atoms with E-state index in [4.69, 9.17) is 4.74 Å². The Morgan fingerprint density at radius 1 is 1.16 bits per heavy atom.